The number of ether oxygens (including phenoxy) is 1. The van der Waals surface area contributed by atoms with Crippen molar-refractivity contribution < 1.29 is 34.1 Å². The molecule has 0 bridgehead atoms. The fraction of sp³-hybridized carbons (Fsp3) is 0.0909. The summed E-state index contributed by atoms with van der Waals surface area (Å²) >= 11 is 0. The van der Waals surface area contributed by atoms with Crippen molar-refractivity contribution in [3.63, 3.8) is 0 Å². The number of hydrogen-bond acceptors (Lipinski definition) is 5. The summed E-state index contributed by atoms with van der Waals surface area (Å²) < 4.78 is 11.2. The molecule has 0 aliphatic rings. The summed E-state index contributed by atoms with van der Waals surface area (Å²) in [6.07, 6.45) is -0.251. The third-order valence-electron chi connectivity index (χ3n) is 4.80. The van der Waals surface area contributed by atoms with E-state index in [4.69, 9.17) is 9.15 Å². The normalized spacial score (nSPS) is 11.1. The molecule has 0 unspecified atom stereocenters. The first-order chi connectivity index (χ1) is 13.9. The van der Waals surface area contributed by atoms with E-state index < -0.39 is 11.9 Å². The van der Waals surface area contributed by atoms with Crippen LogP contribution < -0.4 is 4.74 Å². The van der Waals surface area contributed by atoms with E-state index in [1.54, 1.807) is 43.5 Å². The number of hydrogen-bond donors (Lipinski definition) is 3. The Balaban J connectivity index is 2.01. The zero-order valence-electron chi connectivity index (χ0n) is 15.3. The summed E-state index contributed by atoms with van der Waals surface area (Å²) in [5.41, 5.74) is 1.35. The Labute approximate surface area is 164 Å². The number of carbonyl (C=O) groups is 2. The predicted molar refractivity (Wildman–Crippen MR) is 106 cm³/mol. The maximum atomic E-state index is 11.5. The Kier molecular flexibility index (Phi) is 4.35. The average molecular weight is 392 g/mol. The van der Waals surface area contributed by atoms with Crippen LogP contribution in [0.15, 0.2) is 52.9 Å². The van der Waals surface area contributed by atoms with E-state index in [9.17, 15) is 24.9 Å². The van der Waals surface area contributed by atoms with Crippen molar-refractivity contribution in [1.29, 1.82) is 0 Å². The first kappa shape index (κ1) is 18.4. The number of benzene rings is 3. The fourth-order valence-electron chi connectivity index (χ4n) is 3.44. The molecule has 3 N–H and O–H groups in total. The highest BCUT2D eigenvalue weighted by atomic mass is 16.5. The molecule has 0 radical (unpaired) electrons. The van der Waals surface area contributed by atoms with E-state index in [1.165, 1.54) is 12.1 Å². The summed E-state index contributed by atoms with van der Waals surface area (Å²) in [6, 6.07) is 13.1. The van der Waals surface area contributed by atoms with E-state index >= 15 is 0 Å². The Morgan fingerprint density at radius 1 is 1.00 bits per heavy atom. The van der Waals surface area contributed by atoms with Gasteiger partial charge in [-0.15, -0.1) is 0 Å². The van der Waals surface area contributed by atoms with E-state index in [-0.39, 0.29) is 17.7 Å². The molecule has 0 atom stereocenters. The highest BCUT2D eigenvalue weighted by molar-refractivity contribution is 6.10. The van der Waals surface area contributed by atoms with Gasteiger partial charge in [-0.05, 0) is 41.8 Å². The van der Waals surface area contributed by atoms with Gasteiger partial charge in [-0.3, -0.25) is 4.79 Å². The number of aliphatic carboxylic acids is 1. The van der Waals surface area contributed by atoms with Crippen LogP contribution in [0.4, 0.5) is 0 Å². The number of aromatic carboxylic acids is 1. The van der Waals surface area contributed by atoms with Crippen LogP contribution in [0.1, 0.15) is 15.9 Å². The minimum atomic E-state index is -1.24. The zero-order valence-corrected chi connectivity index (χ0v) is 15.3. The summed E-state index contributed by atoms with van der Waals surface area (Å²) in [6.45, 7) is 0. The lowest BCUT2D eigenvalue weighted by molar-refractivity contribution is -0.136. The molecule has 0 fully saturated rings. The lowest BCUT2D eigenvalue weighted by Crippen LogP contribution is -2.00. The van der Waals surface area contributed by atoms with Crippen LogP contribution in [0.3, 0.4) is 0 Å². The van der Waals surface area contributed by atoms with Crippen LogP contribution in [0.2, 0.25) is 0 Å². The van der Waals surface area contributed by atoms with Crippen LogP contribution in [0.5, 0.6) is 11.5 Å². The molecule has 7 nitrogen and oxygen atoms in total. The number of aromatic hydroxyl groups is 1. The summed E-state index contributed by atoms with van der Waals surface area (Å²) in [5.74, 6) is -1.58. The van der Waals surface area contributed by atoms with Crippen LogP contribution in [0.25, 0.3) is 33.1 Å². The van der Waals surface area contributed by atoms with Gasteiger partial charge < -0.3 is 24.5 Å². The fourth-order valence-corrected chi connectivity index (χ4v) is 3.44. The molecule has 0 amide bonds. The van der Waals surface area contributed by atoms with Crippen molar-refractivity contribution in [2.75, 3.05) is 7.11 Å². The van der Waals surface area contributed by atoms with E-state index in [0.717, 1.165) is 0 Å². The maximum absolute atomic E-state index is 11.5. The number of furan rings is 1. The molecule has 0 saturated carbocycles. The number of carboxylic acid groups (broad SMARTS) is 2. The van der Waals surface area contributed by atoms with Crippen molar-refractivity contribution in [2.24, 2.45) is 0 Å². The van der Waals surface area contributed by atoms with Gasteiger partial charge in [0.2, 0.25) is 0 Å². The van der Waals surface area contributed by atoms with Crippen molar-refractivity contribution >= 4 is 33.7 Å². The van der Waals surface area contributed by atoms with E-state index in [1.807, 2.05) is 0 Å². The van der Waals surface area contributed by atoms with Crippen molar-refractivity contribution in [3.05, 3.63) is 59.7 Å². The van der Waals surface area contributed by atoms with Gasteiger partial charge in [-0.2, -0.15) is 0 Å². The summed E-state index contributed by atoms with van der Waals surface area (Å²) in [4.78, 5) is 22.8. The quantitative estimate of drug-likeness (QED) is 0.464. The maximum Gasteiger partial charge on any atom is 0.339 e. The third kappa shape index (κ3) is 3.12. The minimum absolute atomic E-state index is 0.218. The molecule has 0 spiro atoms. The van der Waals surface area contributed by atoms with Gasteiger partial charge in [0.25, 0.3) is 0 Å². The van der Waals surface area contributed by atoms with Gasteiger partial charge in [0.1, 0.15) is 28.4 Å². The Bertz CT molecular complexity index is 1270. The van der Waals surface area contributed by atoms with Crippen LogP contribution in [0, 0.1) is 0 Å². The second kappa shape index (κ2) is 6.87. The Morgan fingerprint density at radius 2 is 1.72 bits per heavy atom. The zero-order chi connectivity index (χ0) is 20.7. The molecule has 29 heavy (non-hydrogen) atoms. The molecular weight excluding hydrogens is 376 g/mol. The van der Waals surface area contributed by atoms with Crippen LogP contribution >= 0.6 is 0 Å². The average Bonchev–Trinajstić information content (AvgIpc) is 3.05. The highest BCUT2D eigenvalue weighted by Crippen LogP contribution is 2.39. The monoisotopic (exact) mass is 392 g/mol. The topological polar surface area (TPSA) is 117 Å². The molecular formula is C22H16O7. The lowest BCUT2D eigenvalue weighted by Gasteiger charge is -2.04. The molecule has 1 heterocycles. The molecule has 7 heteroatoms. The van der Waals surface area contributed by atoms with E-state index in [0.29, 0.717) is 44.4 Å². The number of methoxy groups -OCH3 is 1. The number of carboxylic acids is 2. The first-order valence-electron chi connectivity index (χ1n) is 8.69. The molecule has 1 aromatic heterocycles. The largest absolute Gasteiger partial charge is 0.507 e. The molecule has 0 aliphatic heterocycles. The summed E-state index contributed by atoms with van der Waals surface area (Å²) in [7, 11) is 1.55. The molecule has 146 valence electrons. The highest BCUT2D eigenvalue weighted by Gasteiger charge is 2.21. The van der Waals surface area contributed by atoms with Gasteiger partial charge in [0.15, 0.2) is 0 Å². The molecule has 0 aliphatic carbocycles. The van der Waals surface area contributed by atoms with Gasteiger partial charge in [-0.1, -0.05) is 12.1 Å². The number of rotatable bonds is 5. The standard InChI is InChI=1S/C22H16O7/c1-28-13-5-2-11(3-6-13)20-16(10-19(24)25)14-7-4-12-8-17(22(26)27)18(23)9-15(12)21(14)29-20/h2-9,23H,10H2,1H3,(H,24,25)(H,26,27). The van der Waals surface area contributed by atoms with Crippen LogP contribution in [-0.2, 0) is 11.2 Å². The van der Waals surface area contributed by atoms with Gasteiger partial charge >= 0.3 is 11.9 Å². The Morgan fingerprint density at radius 3 is 2.34 bits per heavy atom. The minimum Gasteiger partial charge on any atom is -0.507 e. The second-order valence-electron chi connectivity index (χ2n) is 6.55. The Hall–Kier alpha value is -4.00. The predicted octanol–water partition coefficient (Wildman–Crippen LogP) is 4.29. The first-order valence-corrected chi connectivity index (χ1v) is 8.69. The number of phenols is 1. The smallest absolute Gasteiger partial charge is 0.339 e. The van der Waals surface area contributed by atoms with Gasteiger partial charge in [-0.25, -0.2) is 4.79 Å². The van der Waals surface area contributed by atoms with Gasteiger partial charge in [0, 0.05) is 21.9 Å². The number of fused-ring (bicyclic) bond motifs is 3. The molecule has 4 rings (SSSR count). The van der Waals surface area contributed by atoms with Crippen molar-refractivity contribution in [2.45, 2.75) is 6.42 Å². The molecule has 4 aromatic rings. The third-order valence-corrected chi connectivity index (χ3v) is 4.80. The summed E-state index contributed by atoms with van der Waals surface area (Å²) in [5, 5.41) is 30.4. The van der Waals surface area contributed by atoms with Crippen molar-refractivity contribution in [3.8, 4) is 22.8 Å². The van der Waals surface area contributed by atoms with Gasteiger partial charge in [0.05, 0.1) is 13.5 Å². The molecule has 3 aromatic carbocycles. The SMILES string of the molecule is COc1ccc(-c2oc3c(ccc4cc(C(=O)O)c(O)cc43)c2CC(=O)O)cc1. The molecule has 0 saturated heterocycles. The van der Waals surface area contributed by atoms with Crippen LogP contribution in [-0.4, -0.2) is 34.4 Å². The van der Waals surface area contributed by atoms with E-state index in [2.05, 4.69) is 0 Å². The lowest BCUT2D eigenvalue weighted by atomic mass is 9.99. The second-order valence-corrected chi connectivity index (χ2v) is 6.55. The van der Waals surface area contributed by atoms with Crippen molar-refractivity contribution in [1.82, 2.24) is 0 Å².